The third-order valence-corrected chi connectivity index (χ3v) is 5.27. The van der Waals surface area contributed by atoms with Gasteiger partial charge in [0.05, 0.1) is 10.9 Å². The van der Waals surface area contributed by atoms with Crippen LogP contribution >= 0.6 is 11.6 Å². The number of hydrogen-bond donors (Lipinski definition) is 1. The molecule has 26 heavy (non-hydrogen) atoms. The van der Waals surface area contributed by atoms with Gasteiger partial charge in [-0.3, -0.25) is 9.20 Å². The fourth-order valence-corrected chi connectivity index (χ4v) is 3.62. The quantitative estimate of drug-likeness (QED) is 0.798. The molecule has 2 aromatic rings. The molecule has 3 heterocycles. The van der Waals surface area contributed by atoms with Crippen molar-refractivity contribution < 1.29 is 4.79 Å². The summed E-state index contributed by atoms with van der Waals surface area (Å²) in [5.41, 5.74) is 0.759. The first kappa shape index (κ1) is 18.9. The van der Waals surface area contributed by atoms with Gasteiger partial charge in [-0.1, -0.05) is 25.4 Å². The largest absolute Gasteiger partial charge is 0.355 e. The van der Waals surface area contributed by atoms with E-state index in [1.807, 2.05) is 16.7 Å². The third kappa shape index (κ3) is 4.27. The molecule has 142 valence electrons. The van der Waals surface area contributed by atoms with Crippen molar-refractivity contribution in [3.8, 4) is 0 Å². The molecule has 0 saturated carbocycles. The highest BCUT2D eigenvalue weighted by Crippen LogP contribution is 2.23. The van der Waals surface area contributed by atoms with E-state index >= 15 is 0 Å². The van der Waals surface area contributed by atoms with Crippen LogP contribution in [0.15, 0.2) is 18.3 Å². The van der Waals surface area contributed by atoms with Crippen LogP contribution in [0.4, 0.5) is 5.95 Å². The number of rotatable bonds is 7. The maximum Gasteiger partial charge on any atom is 0.231 e. The fourth-order valence-electron chi connectivity index (χ4n) is 3.46. The Hall–Kier alpha value is -1.86. The molecule has 1 atom stereocenters. The summed E-state index contributed by atoms with van der Waals surface area (Å²) < 4.78 is 1.89. The van der Waals surface area contributed by atoms with Crippen molar-refractivity contribution in [1.29, 1.82) is 0 Å². The van der Waals surface area contributed by atoms with Crippen molar-refractivity contribution in [1.82, 2.24) is 24.8 Å². The van der Waals surface area contributed by atoms with Gasteiger partial charge >= 0.3 is 0 Å². The zero-order chi connectivity index (χ0) is 18.5. The number of amides is 1. The van der Waals surface area contributed by atoms with Crippen LogP contribution < -0.4 is 10.2 Å². The Morgan fingerprint density at radius 2 is 2.15 bits per heavy atom. The lowest BCUT2D eigenvalue weighted by atomic mass is 9.97. The first-order valence-corrected chi connectivity index (χ1v) is 9.75. The summed E-state index contributed by atoms with van der Waals surface area (Å²) in [4.78, 5) is 17.0. The number of halogens is 1. The van der Waals surface area contributed by atoms with Crippen molar-refractivity contribution in [2.24, 2.45) is 5.92 Å². The average molecular weight is 379 g/mol. The van der Waals surface area contributed by atoms with Crippen LogP contribution in [0.3, 0.4) is 0 Å². The molecule has 0 aromatic carbocycles. The Morgan fingerprint density at radius 3 is 2.92 bits per heavy atom. The van der Waals surface area contributed by atoms with Crippen molar-refractivity contribution in [3.05, 3.63) is 23.4 Å². The van der Waals surface area contributed by atoms with Crippen LogP contribution in [-0.2, 0) is 4.79 Å². The van der Waals surface area contributed by atoms with E-state index in [2.05, 4.69) is 39.2 Å². The van der Waals surface area contributed by atoms with Crippen molar-refractivity contribution in [2.45, 2.75) is 26.7 Å². The van der Waals surface area contributed by atoms with Gasteiger partial charge in [-0.2, -0.15) is 0 Å². The molecule has 1 N–H and O–H groups in total. The van der Waals surface area contributed by atoms with E-state index < -0.39 is 0 Å². The summed E-state index contributed by atoms with van der Waals surface area (Å²) >= 11 is 6.11. The standard InChI is InChI=1S/C18H27ClN6O/c1-3-23(4-2)11-9-20-17(26)14-6-5-10-24(12-14)18-22-21-16-8-7-15(19)13-25(16)18/h7-8,13-14H,3-6,9-12H2,1-2H3,(H,20,26). The SMILES string of the molecule is CCN(CC)CCNC(=O)C1CCCN(c2nnc3ccc(Cl)cn23)C1. The molecular weight excluding hydrogens is 352 g/mol. The third-order valence-electron chi connectivity index (χ3n) is 5.04. The molecule has 2 aromatic heterocycles. The fraction of sp³-hybridized carbons (Fsp3) is 0.611. The predicted octanol–water partition coefficient (Wildman–Crippen LogP) is 2.06. The van der Waals surface area contributed by atoms with E-state index in [-0.39, 0.29) is 11.8 Å². The average Bonchev–Trinajstić information content (AvgIpc) is 3.08. The highest BCUT2D eigenvalue weighted by Gasteiger charge is 2.28. The number of anilines is 1. The van der Waals surface area contributed by atoms with Gasteiger partial charge in [0.15, 0.2) is 5.65 Å². The van der Waals surface area contributed by atoms with Crippen molar-refractivity contribution >= 4 is 29.1 Å². The second kappa shape index (κ2) is 8.68. The summed E-state index contributed by atoms with van der Waals surface area (Å²) in [6, 6.07) is 3.65. The first-order chi connectivity index (χ1) is 12.6. The number of nitrogens with one attached hydrogen (secondary N) is 1. The normalized spacial score (nSPS) is 17.8. The van der Waals surface area contributed by atoms with E-state index in [9.17, 15) is 4.79 Å². The molecule has 1 amide bonds. The second-order valence-electron chi connectivity index (χ2n) is 6.68. The van der Waals surface area contributed by atoms with Crippen molar-refractivity contribution in [3.63, 3.8) is 0 Å². The van der Waals surface area contributed by atoms with Gasteiger partial charge in [-0.05, 0) is 38.1 Å². The maximum atomic E-state index is 12.6. The topological polar surface area (TPSA) is 65.8 Å². The molecule has 0 spiro atoms. The van der Waals surface area contributed by atoms with E-state index in [1.54, 1.807) is 6.07 Å². The lowest BCUT2D eigenvalue weighted by Gasteiger charge is -2.32. The Morgan fingerprint density at radius 1 is 1.35 bits per heavy atom. The minimum atomic E-state index is -0.0213. The minimum absolute atomic E-state index is 0.0213. The molecule has 0 bridgehead atoms. The number of fused-ring (bicyclic) bond motifs is 1. The molecule has 1 saturated heterocycles. The van der Waals surface area contributed by atoms with E-state index in [4.69, 9.17) is 11.6 Å². The van der Waals surface area contributed by atoms with Crippen LogP contribution in [0.2, 0.25) is 5.02 Å². The van der Waals surface area contributed by atoms with Gasteiger partial charge in [-0.25, -0.2) is 0 Å². The van der Waals surface area contributed by atoms with Gasteiger partial charge in [0.25, 0.3) is 0 Å². The highest BCUT2D eigenvalue weighted by molar-refractivity contribution is 6.30. The Balaban J connectivity index is 1.61. The lowest BCUT2D eigenvalue weighted by molar-refractivity contribution is -0.125. The smallest absolute Gasteiger partial charge is 0.231 e. The molecule has 7 nitrogen and oxygen atoms in total. The molecule has 0 aliphatic carbocycles. The predicted molar refractivity (Wildman–Crippen MR) is 104 cm³/mol. The zero-order valence-corrected chi connectivity index (χ0v) is 16.2. The number of hydrogen-bond acceptors (Lipinski definition) is 5. The van der Waals surface area contributed by atoms with E-state index in [1.165, 1.54) is 0 Å². The van der Waals surface area contributed by atoms with Crippen LogP contribution in [0, 0.1) is 5.92 Å². The van der Waals surface area contributed by atoms with Gasteiger partial charge in [0.1, 0.15) is 0 Å². The monoisotopic (exact) mass is 378 g/mol. The maximum absolute atomic E-state index is 12.6. The molecule has 3 rings (SSSR count). The van der Waals surface area contributed by atoms with Crippen LogP contribution in [0.5, 0.6) is 0 Å². The molecule has 8 heteroatoms. The Kier molecular flexibility index (Phi) is 6.32. The molecule has 1 fully saturated rings. The lowest BCUT2D eigenvalue weighted by Crippen LogP contribution is -2.45. The van der Waals surface area contributed by atoms with Crippen LogP contribution in [0.25, 0.3) is 5.65 Å². The van der Waals surface area contributed by atoms with Gasteiger partial charge in [0.2, 0.25) is 11.9 Å². The Labute approximate surface area is 159 Å². The Bertz CT molecular complexity index is 744. The summed E-state index contributed by atoms with van der Waals surface area (Å²) in [6.07, 6.45) is 3.69. The summed E-state index contributed by atoms with van der Waals surface area (Å²) in [6.45, 7) is 9.40. The highest BCUT2D eigenvalue weighted by atomic mass is 35.5. The summed E-state index contributed by atoms with van der Waals surface area (Å²) in [5, 5.41) is 12.2. The number of carbonyl (C=O) groups excluding carboxylic acids is 1. The molecule has 1 aliphatic rings. The van der Waals surface area contributed by atoms with Crippen molar-refractivity contribution in [2.75, 3.05) is 44.2 Å². The van der Waals surface area contributed by atoms with Crippen LogP contribution in [0.1, 0.15) is 26.7 Å². The van der Waals surface area contributed by atoms with Gasteiger partial charge < -0.3 is 15.1 Å². The number of aromatic nitrogens is 3. The zero-order valence-electron chi connectivity index (χ0n) is 15.5. The van der Waals surface area contributed by atoms with Gasteiger partial charge in [-0.15, -0.1) is 10.2 Å². The van der Waals surface area contributed by atoms with Gasteiger partial charge in [0, 0.05) is 32.4 Å². The number of piperidine rings is 1. The summed E-state index contributed by atoms with van der Waals surface area (Å²) in [7, 11) is 0. The summed E-state index contributed by atoms with van der Waals surface area (Å²) in [5.74, 6) is 0.865. The molecular formula is C18H27ClN6O. The van der Waals surface area contributed by atoms with E-state index in [0.717, 1.165) is 50.6 Å². The molecule has 1 aliphatic heterocycles. The number of carbonyl (C=O) groups is 1. The number of likely N-dealkylation sites (N-methyl/N-ethyl adjacent to an activating group) is 1. The molecule has 1 unspecified atom stereocenters. The van der Waals surface area contributed by atoms with Crippen LogP contribution in [-0.4, -0.2) is 64.7 Å². The first-order valence-electron chi connectivity index (χ1n) is 9.37. The minimum Gasteiger partial charge on any atom is -0.355 e. The number of nitrogens with zero attached hydrogens (tertiary/aromatic N) is 5. The number of pyridine rings is 1. The van der Waals surface area contributed by atoms with E-state index in [0.29, 0.717) is 18.1 Å². The molecule has 0 radical (unpaired) electrons. The second-order valence-corrected chi connectivity index (χ2v) is 7.12.